The molecule has 25 heavy (non-hydrogen) atoms. The number of hydrogen-bond acceptors (Lipinski definition) is 0. The zero-order valence-corrected chi connectivity index (χ0v) is 15.0. The van der Waals surface area contributed by atoms with Gasteiger partial charge in [-0.15, -0.1) is 6.58 Å². The van der Waals surface area contributed by atoms with Gasteiger partial charge in [0.1, 0.15) is 12.0 Å². The Kier molecular flexibility index (Phi) is 5.03. The molecule has 0 saturated heterocycles. The largest absolute Gasteiger partial charge is 0.244 e. The molecule has 3 unspecified atom stereocenters. The van der Waals surface area contributed by atoms with E-state index < -0.39 is 36.3 Å². The van der Waals surface area contributed by atoms with Crippen LogP contribution in [0.5, 0.6) is 0 Å². The minimum absolute atomic E-state index is 0.487. The highest BCUT2D eigenvalue weighted by Crippen LogP contribution is 2.45. The Morgan fingerprint density at radius 3 is 2.20 bits per heavy atom. The highest BCUT2D eigenvalue weighted by molar-refractivity contribution is 5.11. The van der Waals surface area contributed by atoms with Gasteiger partial charge in [-0.3, -0.25) is 0 Å². The van der Waals surface area contributed by atoms with Crippen LogP contribution < -0.4 is 0 Å². The zero-order chi connectivity index (χ0) is 21.4. The summed E-state index contributed by atoms with van der Waals surface area (Å²) in [6.07, 6.45) is 2.33. The SMILES string of the molecule is [2H]C1(F)C(F)C(F)=CC([2H])(C2CCC(C3CCC(CCC=C)CC3)CC2)C1([2H])[2H]. The van der Waals surface area contributed by atoms with E-state index in [4.69, 9.17) is 5.48 Å². The maximum absolute atomic E-state index is 14.5. The van der Waals surface area contributed by atoms with Gasteiger partial charge in [-0.25, -0.2) is 13.2 Å². The first-order valence-corrected chi connectivity index (χ1v) is 9.86. The number of halogens is 3. The van der Waals surface area contributed by atoms with E-state index in [2.05, 4.69) is 6.58 Å². The van der Waals surface area contributed by atoms with Gasteiger partial charge in [0.15, 0.2) is 6.17 Å². The summed E-state index contributed by atoms with van der Waals surface area (Å²) in [7, 11) is 0. The minimum atomic E-state index is -3.80. The van der Waals surface area contributed by atoms with Gasteiger partial charge in [-0.05, 0) is 93.4 Å². The van der Waals surface area contributed by atoms with E-state index in [1.807, 2.05) is 6.08 Å². The predicted octanol–water partition coefficient (Wildman–Crippen LogP) is 7.11. The van der Waals surface area contributed by atoms with Crippen LogP contribution in [-0.4, -0.2) is 12.3 Å². The van der Waals surface area contributed by atoms with Crippen molar-refractivity contribution in [1.82, 2.24) is 0 Å². The normalized spacial score (nSPS) is 52.9. The molecule has 0 amide bonds. The molecule has 0 aromatic carbocycles. The van der Waals surface area contributed by atoms with Crippen LogP contribution in [0, 0.1) is 29.6 Å². The third kappa shape index (κ3) is 4.71. The fourth-order valence-electron chi connectivity index (χ4n) is 5.00. The summed E-state index contributed by atoms with van der Waals surface area (Å²) in [5.74, 6) is -2.51. The molecule has 0 aliphatic heterocycles. The van der Waals surface area contributed by atoms with Crippen molar-refractivity contribution in [1.29, 1.82) is 0 Å². The molecular formula is C22H33F3. The molecule has 2 fully saturated rings. The number of alkyl halides is 2. The second-order valence-corrected chi connectivity index (χ2v) is 8.08. The van der Waals surface area contributed by atoms with E-state index in [0.717, 1.165) is 25.2 Å². The number of hydrogen-bond donors (Lipinski definition) is 0. The van der Waals surface area contributed by atoms with Crippen LogP contribution >= 0.6 is 0 Å². The topological polar surface area (TPSA) is 0 Å². The Labute approximate surface area is 156 Å². The molecule has 0 heterocycles. The second-order valence-electron chi connectivity index (χ2n) is 8.08. The number of rotatable bonds is 5. The van der Waals surface area contributed by atoms with Crippen molar-refractivity contribution >= 4 is 0 Å². The molecule has 3 aliphatic carbocycles. The van der Waals surface area contributed by atoms with Gasteiger partial charge in [-0.1, -0.05) is 18.9 Å². The standard InChI is InChI=1S/C22H33F3/c1-2-3-4-15-5-7-16(8-6-15)17-9-11-18(12-10-17)19-13-20(23)22(25)21(24)14-19/h2,13,15-19,21-22H,1,3-12,14H2/i14D2,19D,21D. The van der Waals surface area contributed by atoms with Crippen molar-refractivity contribution < 1.29 is 18.7 Å². The number of allylic oxidation sites excluding steroid dienone is 3. The fourth-order valence-corrected chi connectivity index (χ4v) is 5.00. The summed E-state index contributed by atoms with van der Waals surface area (Å²) in [6.45, 7) is 3.79. The van der Waals surface area contributed by atoms with Crippen molar-refractivity contribution in [2.45, 2.75) is 82.9 Å². The molecule has 2 saturated carbocycles. The van der Waals surface area contributed by atoms with Crippen molar-refractivity contribution in [3.63, 3.8) is 0 Å². The third-order valence-corrected chi connectivity index (χ3v) is 6.57. The molecule has 0 nitrogen and oxygen atoms in total. The van der Waals surface area contributed by atoms with Gasteiger partial charge in [-0.2, -0.15) is 0 Å². The Balaban J connectivity index is 1.63. The molecule has 142 valence electrons. The van der Waals surface area contributed by atoms with Crippen molar-refractivity contribution in [3.8, 4) is 0 Å². The first kappa shape index (κ1) is 14.3. The van der Waals surface area contributed by atoms with Gasteiger partial charge in [0.2, 0.25) is 0 Å². The monoisotopic (exact) mass is 358 g/mol. The summed E-state index contributed by atoms with van der Waals surface area (Å²) >= 11 is 0. The molecule has 0 spiro atoms. The molecule has 0 aromatic heterocycles. The highest BCUT2D eigenvalue weighted by Gasteiger charge is 2.38. The van der Waals surface area contributed by atoms with Crippen molar-refractivity contribution in [2.75, 3.05) is 0 Å². The lowest BCUT2D eigenvalue weighted by atomic mass is 9.66. The first-order chi connectivity index (χ1) is 13.5. The highest BCUT2D eigenvalue weighted by atomic mass is 19.2. The molecule has 3 atom stereocenters. The lowest BCUT2D eigenvalue weighted by Crippen LogP contribution is -2.32. The van der Waals surface area contributed by atoms with Crippen LogP contribution in [0.25, 0.3) is 0 Å². The van der Waals surface area contributed by atoms with Crippen LogP contribution in [0.3, 0.4) is 0 Å². The molecule has 3 heteroatoms. The summed E-state index contributed by atoms with van der Waals surface area (Å²) in [5, 5.41) is 0. The van der Waals surface area contributed by atoms with E-state index in [-0.39, 0.29) is 0 Å². The first-order valence-electron chi connectivity index (χ1n) is 11.9. The lowest BCUT2D eigenvalue weighted by Gasteiger charge is -2.40. The summed E-state index contributed by atoms with van der Waals surface area (Å²) in [4.78, 5) is 0. The van der Waals surface area contributed by atoms with Gasteiger partial charge in [0.25, 0.3) is 0 Å². The van der Waals surface area contributed by atoms with E-state index in [1.54, 1.807) is 0 Å². The van der Waals surface area contributed by atoms with Crippen molar-refractivity contribution in [2.24, 2.45) is 29.6 Å². The molecular weight excluding hydrogens is 321 g/mol. The van der Waals surface area contributed by atoms with Gasteiger partial charge in [0, 0.05) is 4.11 Å². The van der Waals surface area contributed by atoms with Crippen LogP contribution in [0.1, 0.15) is 76.1 Å². The smallest absolute Gasteiger partial charge is 0.182 e. The Bertz CT molecular complexity index is 620. The second kappa shape index (κ2) is 8.77. The fraction of sp³-hybridized carbons (Fsp3) is 0.818. The maximum atomic E-state index is 14.5. The van der Waals surface area contributed by atoms with E-state index >= 15 is 0 Å². The van der Waals surface area contributed by atoms with Gasteiger partial charge >= 0.3 is 0 Å². The quantitative estimate of drug-likeness (QED) is 0.459. The molecule has 0 radical (unpaired) electrons. The Hall–Kier alpha value is -0.730. The van der Waals surface area contributed by atoms with Crippen LogP contribution in [0.4, 0.5) is 13.2 Å². The van der Waals surface area contributed by atoms with E-state index in [9.17, 15) is 13.2 Å². The summed E-state index contributed by atoms with van der Waals surface area (Å²) < 4.78 is 74.5. The van der Waals surface area contributed by atoms with Crippen LogP contribution in [0.15, 0.2) is 24.6 Å². The third-order valence-electron chi connectivity index (χ3n) is 6.57. The molecule has 0 N–H and O–H groups in total. The predicted molar refractivity (Wildman–Crippen MR) is 97.4 cm³/mol. The van der Waals surface area contributed by atoms with Gasteiger partial charge in [0.05, 0.1) is 1.37 Å². The molecule has 3 aliphatic rings. The summed E-state index contributed by atoms with van der Waals surface area (Å²) in [5.41, 5.74) is 0. The minimum Gasteiger partial charge on any atom is -0.244 e. The molecule has 0 aromatic rings. The van der Waals surface area contributed by atoms with Crippen molar-refractivity contribution in [3.05, 3.63) is 24.6 Å². The van der Waals surface area contributed by atoms with Crippen LogP contribution in [0.2, 0.25) is 0 Å². The van der Waals surface area contributed by atoms with Crippen LogP contribution in [-0.2, 0) is 0 Å². The van der Waals surface area contributed by atoms with Gasteiger partial charge < -0.3 is 0 Å². The lowest BCUT2D eigenvalue weighted by molar-refractivity contribution is 0.0928. The Morgan fingerprint density at radius 2 is 1.60 bits per heavy atom. The van der Waals surface area contributed by atoms with E-state index in [0.29, 0.717) is 30.8 Å². The average Bonchev–Trinajstić information content (AvgIpc) is 2.70. The maximum Gasteiger partial charge on any atom is 0.182 e. The van der Waals surface area contributed by atoms with E-state index in [1.165, 1.54) is 32.1 Å². The Morgan fingerprint density at radius 1 is 1.04 bits per heavy atom. The molecule has 0 bridgehead atoms. The molecule has 3 rings (SSSR count). The average molecular weight is 359 g/mol. The zero-order valence-electron chi connectivity index (χ0n) is 19.0. The summed E-state index contributed by atoms with van der Waals surface area (Å²) in [6, 6.07) is 0.